The number of anilines is 3. The van der Waals surface area contributed by atoms with Crippen LogP contribution in [0.3, 0.4) is 0 Å². The molecule has 12 heteroatoms. The van der Waals surface area contributed by atoms with Crippen LogP contribution in [0.15, 0.2) is 82.3 Å². The normalized spacial score (nSPS) is 20.6. The lowest BCUT2D eigenvalue weighted by atomic mass is 10.2. The Morgan fingerprint density at radius 1 is 0.917 bits per heavy atom. The minimum atomic E-state index is -4.45. The number of quaternary nitrogens is 1. The smallest absolute Gasteiger partial charge is 0.316 e. The van der Waals surface area contributed by atoms with Crippen LogP contribution in [0.25, 0.3) is 0 Å². The highest BCUT2D eigenvalue weighted by atomic mass is 19.4. The molecule has 2 heterocycles. The van der Waals surface area contributed by atoms with E-state index in [2.05, 4.69) is 25.9 Å². The molecule has 184 valence electrons. The number of alkyl halides is 3. The molecule has 0 radical (unpaired) electrons. The van der Waals surface area contributed by atoms with E-state index in [-0.39, 0.29) is 22.0 Å². The molecule has 36 heavy (non-hydrogen) atoms. The summed E-state index contributed by atoms with van der Waals surface area (Å²) in [6.45, 7) is 0. The number of rotatable bonds is 5. The SMILES string of the molecule is N[N+]12C=CN=CC1=C(C1CC1)N=C2C(=O)Nc1ccc(NC(=O)Nc2ccc(C(F)(F)F)cc2)cc1. The summed E-state index contributed by atoms with van der Waals surface area (Å²) in [5.74, 6) is 6.44. The number of halogens is 3. The molecule has 5 rings (SSSR count). The van der Waals surface area contributed by atoms with Crippen molar-refractivity contribution < 1.29 is 27.4 Å². The van der Waals surface area contributed by atoms with Crippen LogP contribution < -0.4 is 21.8 Å². The van der Waals surface area contributed by atoms with Gasteiger partial charge in [0.05, 0.1) is 18.0 Å². The zero-order chi connectivity index (χ0) is 25.5. The van der Waals surface area contributed by atoms with Gasteiger partial charge >= 0.3 is 24.0 Å². The van der Waals surface area contributed by atoms with Gasteiger partial charge in [-0.2, -0.15) is 24.0 Å². The third-order valence-electron chi connectivity index (χ3n) is 5.86. The van der Waals surface area contributed by atoms with Gasteiger partial charge < -0.3 is 16.0 Å². The Bertz CT molecular complexity index is 1340. The maximum absolute atomic E-state index is 13.0. The predicted molar refractivity (Wildman–Crippen MR) is 128 cm³/mol. The fourth-order valence-electron chi connectivity index (χ4n) is 3.86. The minimum absolute atomic E-state index is 0.132. The van der Waals surface area contributed by atoms with Gasteiger partial charge in [-0.3, -0.25) is 9.79 Å². The first kappa shape index (κ1) is 23.5. The number of carbonyl (C=O) groups is 2. The van der Waals surface area contributed by atoms with E-state index < -0.39 is 23.7 Å². The van der Waals surface area contributed by atoms with E-state index in [9.17, 15) is 22.8 Å². The summed E-state index contributed by atoms with van der Waals surface area (Å²) in [7, 11) is 0. The number of fused-ring (bicyclic) bond motifs is 1. The van der Waals surface area contributed by atoms with E-state index >= 15 is 0 Å². The number of benzene rings is 2. The van der Waals surface area contributed by atoms with E-state index in [1.54, 1.807) is 36.7 Å². The second-order valence-electron chi connectivity index (χ2n) is 8.52. The van der Waals surface area contributed by atoms with Gasteiger partial charge in [0.25, 0.3) is 0 Å². The molecule has 3 amide bonds. The highest BCUT2D eigenvalue weighted by Crippen LogP contribution is 2.43. The summed E-state index contributed by atoms with van der Waals surface area (Å²) in [5, 5.41) is 7.81. The Balaban J connectivity index is 1.20. The van der Waals surface area contributed by atoms with Crippen molar-refractivity contribution in [1.82, 2.24) is 0 Å². The molecule has 1 fully saturated rings. The lowest BCUT2D eigenvalue weighted by Gasteiger charge is -2.25. The van der Waals surface area contributed by atoms with E-state index in [0.29, 0.717) is 17.1 Å². The Morgan fingerprint density at radius 3 is 2.03 bits per heavy atom. The van der Waals surface area contributed by atoms with Gasteiger partial charge in [0, 0.05) is 23.0 Å². The second kappa shape index (κ2) is 8.73. The maximum atomic E-state index is 13.0. The van der Waals surface area contributed by atoms with E-state index in [4.69, 9.17) is 5.84 Å². The van der Waals surface area contributed by atoms with Crippen LogP contribution >= 0.6 is 0 Å². The second-order valence-corrected chi connectivity index (χ2v) is 8.52. The van der Waals surface area contributed by atoms with Gasteiger partial charge in [0.2, 0.25) is 5.70 Å². The zero-order valence-electron chi connectivity index (χ0n) is 18.7. The molecule has 1 saturated carbocycles. The lowest BCUT2D eigenvalue weighted by Crippen LogP contribution is -2.56. The van der Waals surface area contributed by atoms with Crippen LogP contribution in [-0.4, -0.2) is 28.6 Å². The van der Waals surface area contributed by atoms with E-state index in [1.165, 1.54) is 6.20 Å². The number of amides is 3. The van der Waals surface area contributed by atoms with Crippen molar-refractivity contribution in [1.29, 1.82) is 0 Å². The summed E-state index contributed by atoms with van der Waals surface area (Å²) < 4.78 is 37.6. The average molecular weight is 496 g/mol. The molecule has 3 aliphatic rings. The van der Waals surface area contributed by atoms with Crippen LogP contribution in [-0.2, 0) is 11.0 Å². The molecule has 0 aromatic heterocycles. The quantitative estimate of drug-likeness (QED) is 0.358. The van der Waals surface area contributed by atoms with Gasteiger partial charge in [-0.1, -0.05) is 0 Å². The van der Waals surface area contributed by atoms with Crippen molar-refractivity contribution >= 4 is 41.1 Å². The highest BCUT2D eigenvalue weighted by molar-refractivity contribution is 6.40. The summed E-state index contributed by atoms with van der Waals surface area (Å²) in [6, 6.07) is 9.77. The van der Waals surface area contributed by atoms with Crippen molar-refractivity contribution in [3.05, 3.63) is 77.9 Å². The standard InChI is InChI=1S/C24H20F3N7O2/c25-24(26,27)15-3-5-17(6-4-15)31-23(36)32-18-9-7-16(8-10-18)30-22(35)21-33-20(14-1-2-14)19-13-29-11-12-34(19,21)28/h3-14H,1-2,28H2,(H2-,29,30,31,32,33,35,36)/p+1. The van der Waals surface area contributed by atoms with Gasteiger partial charge in [0.1, 0.15) is 11.9 Å². The fourth-order valence-corrected chi connectivity index (χ4v) is 3.86. The monoisotopic (exact) mass is 496 g/mol. The number of hydrogen-bond acceptors (Lipinski definition) is 5. The van der Waals surface area contributed by atoms with E-state index in [1.807, 2.05) is 0 Å². The molecule has 0 saturated heterocycles. The largest absolute Gasteiger partial charge is 0.416 e. The molecule has 2 aromatic carbocycles. The number of allylic oxidation sites excluding steroid dienone is 2. The molecule has 0 spiro atoms. The van der Waals surface area contributed by atoms with Gasteiger partial charge in [-0.05, 0) is 61.4 Å². The van der Waals surface area contributed by atoms with Crippen LogP contribution in [0.2, 0.25) is 0 Å². The molecule has 1 unspecified atom stereocenters. The van der Waals surface area contributed by atoms with Gasteiger partial charge in [-0.15, -0.1) is 4.59 Å². The summed E-state index contributed by atoms with van der Waals surface area (Å²) >= 11 is 0. The number of hydrogen-bond donors (Lipinski definition) is 4. The van der Waals surface area contributed by atoms with Crippen molar-refractivity contribution in [2.24, 2.45) is 21.7 Å². The first-order valence-electron chi connectivity index (χ1n) is 11.0. The highest BCUT2D eigenvalue weighted by Gasteiger charge is 2.50. The third-order valence-corrected chi connectivity index (χ3v) is 5.86. The van der Waals surface area contributed by atoms with Crippen molar-refractivity contribution in [3.63, 3.8) is 0 Å². The van der Waals surface area contributed by atoms with Crippen molar-refractivity contribution in [2.45, 2.75) is 19.0 Å². The number of nitrogens with two attached hydrogens (primary N) is 1. The van der Waals surface area contributed by atoms with Gasteiger partial charge in [-0.25, -0.2) is 4.79 Å². The number of carbonyl (C=O) groups excluding carboxylic acids is 2. The molecule has 1 aliphatic carbocycles. The third kappa shape index (κ3) is 4.63. The number of amidine groups is 1. The molecular weight excluding hydrogens is 475 g/mol. The van der Waals surface area contributed by atoms with E-state index in [0.717, 1.165) is 42.8 Å². The first-order valence-corrected chi connectivity index (χ1v) is 11.0. The lowest BCUT2D eigenvalue weighted by molar-refractivity contribution is -0.749. The molecular formula is C24H21F3N7O2+. The van der Waals surface area contributed by atoms with Crippen molar-refractivity contribution in [3.8, 4) is 0 Å². The Morgan fingerprint density at radius 2 is 1.47 bits per heavy atom. The molecule has 2 aromatic rings. The fraction of sp³-hybridized carbons (Fsp3) is 0.167. The maximum Gasteiger partial charge on any atom is 0.416 e. The Kier molecular flexibility index (Phi) is 5.69. The van der Waals surface area contributed by atoms with Crippen LogP contribution in [0.4, 0.5) is 35.0 Å². The van der Waals surface area contributed by atoms with Crippen molar-refractivity contribution in [2.75, 3.05) is 16.0 Å². The molecule has 5 N–H and O–H groups in total. The number of nitrogens with one attached hydrogen (secondary N) is 3. The van der Waals surface area contributed by atoms with Crippen LogP contribution in [0.1, 0.15) is 18.4 Å². The zero-order valence-corrected chi connectivity index (χ0v) is 18.7. The first-order chi connectivity index (χ1) is 17.1. The molecule has 0 bridgehead atoms. The number of urea groups is 1. The summed E-state index contributed by atoms with van der Waals surface area (Å²) in [6.07, 6.45) is 2.30. The summed E-state index contributed by atoms with van der Waals surface area (Å²) in [4.78, 5) is 33.9. The Labute approximate surface area is 203 Å². The summed E-state index contributed by atoms with van der Waals surface area (Å²) in [5.41, 5.74) is 1.73. The van der Waals surface area contributed by atoms with Crippen LogP contribution in [0, 0.1) is 5.92 Å². The number of aliphatic imine (C=N–C) groups is 2. The topological polar surface area (TPSA) is 121 Å². The molecule has 2 aliphatic heterocycles. The van der Waals surface area contributed by atoms with Crippen LogP contribution in [0.5, 0.6) is 0 Å². The molecule has 9 nitrogen and oxygen atoms in total. The average Bonchev–Trinajstić information content (AvgIpc) is 3.62. The minimum Gasteiger partial charge on any atom is -0.316 e. The molecule has 1 atom stereocenters. The number of nitrogens with zero attached hydrogens (tertiary/aromatic N) is 3. The Hall–Kier alpha value is -4.29. The van der Waals surface area contributed by atoms with Gasteiger partial charge in [0.15, 0.2) is 0 Å². The predicted octanol–water partition coefficient (Wildman–Crippen LogP) is 4.57.